The lowest BCUT2D eigenvalue weighted by atomic mass is 10.0. The molecule has 28 heavy (non-hydrogen) atoms. The Morgan fingerprint density at radius 1 is 0.929 bits per heavy atom. The van der Waals surface area contributed by atoms with E-state index in [1.54, 1.807) is 13.0 Å². The van der Waals surface area contributed by atoms with E-state index in [1.807, 2.05) is 50.2 Å². The normalized spacial score (nSPS) is 11.8. The summed E-state index contributed by atoms with van der Waals surface area (Å²) in [6, 6.07) is 13.3. The van der Waals surface area contributed by atoms with E-state index in [4.69, 9.17) is 4.74 Å². The first kappa shape index (κ1) is 21.5. The molecule has 0 spiro atoms. The molecule has 2 N–H and O–H groups in total. The highest BCUT2D eigenvalue weighted by molar-refractivity contribution is 5.94. The Morgan fingerprint density at radius 2 is 1.61 bits per heavy atom. The fraction of sp³-hybridized carbons (Fsp3) is 0.391. The highest BCUT2D eigenvalue weighted by Crippen LogP contribution is 2.26. The van der Waals surface area contributed by atoms with Crippen molar-refractivity contribution in [1.29, 1.82) is 0 Å². The van der Waals surface area contributed by atoms with Crippen LogP contribution < -0.4 is 15.4 Å². The Bertz CT molecular complexity index is 830. The Balaban J connectivity index is 1.79. The van der Waals surface area contributed by atoms with Crippen molar-refractivity contribution in [2.24, 2.45) is 0 Å². The number of ether oxygens (including phenoxy) is 1. The molecular weight excluding hydrogens is 352 g/mol. The zero-order chi connectivity index (χ0) is 20.7. The minimum atomic E-state index is -0.615. The number of nitrogens with one attached hydrogen (secondary N) is 2. The first-order valence-electron chi connectivity index (χ1n) is 9.68. The second-order valence-electron chi connectivity index (χ2n) is 7.30. The van der Waals surface area contributed by atoms with Gasteiger partial charge in [0.2, 0.25) is 0 Å². The number of carbonyl (C=O) groups excluding carboxylic acids is 2. The van der Waals surface area contributed by atoms with E-state index in [1.165, 1.54) is 0 Å². The van der Waals surface area contributed by atoms with Crippen LogP contribution in [0.25, 0.3) is 0 Å². The molecule has 0 fully saturated rings. The quantitative estimate of drug-likeness (QED) is 0.684. The average Bonchev–Trinajstić information content (AvgIpc) is 2.67. The van der Waals surface area contributed by atoms with Crippen molar-refractivity contribution < 1.29 is 14.3 Å². The molecule has 0 radical (unpaired) electrons. The van der Waals surface area contributed by atoms with Crippen molar-refractivity contribution >= 4 is 11.8 Å². The minimum absolute atomic E-state index is 0.146. The lowest BCUT2D eigenvalue weighted by Crippen LogP contribution is -2.40. The van der Waals surface area contributed by atoms with E-state index < -0.39 is 6.10 Å². The number of amides is 2. The molecular formula is C23H30N2O3. The number of benzene rings is 2. The van der Waals surface area contributed by atoms with Crippen molar-refractivity contribution in [3.8, 4) is 5.75 Å². The van der Waals surface area contributed by atoms with Gasteiger partial charge in [-0.2, -0.15) is 0 Å². The number of rotatable bonds is 8. The molecule has 2 amide bonds. The molecule has 0 saturated carbocycles. The van der Waals surface area contributed by atoms with E-state index in [-0.39, 0.29) is 11.8 Å². The monoisotopic (exact) mass is 382 g/mol. The van der Waals surface area contributed by atoms with E-state index in [2.05, 4.69) is 24.5 Å². The maximum absolute atomic E-state index is 12.3. The van der Waals surface area contributed by atoms with E-state index in [0.717, 1.165) is 22.4 Å². The molecule has 0 aliphatic rings. The Morgan fingerprint density at radius 3 is 2.29 bits per heavy atom. The maximum Gasteiger partial charge on any atom is 0.260 e. The van der Waals surface area contributed by atoms with Gasteiger partial charge in [-0.15, -0.1) is 0 Å². The zero-order valence-electron chi connectivity index (χ0n) is 17.3. The summed E-state index contributed by atoms with van der Waals surface area (Å²) in [5, 5.41) is 5.62. The molecule has 2 aromatic carbocycles. The number of aryl methyl sites for hydroxylation is 2. The van der Waals surface area contributed by atoms with Crippen LogP contribution in [0.3, 0.4) is 0 Å². The highest BCUT2D eigenvalue weighted by atomic mass is 16.5. The molecule has 0 heterocycles. The van der Waals surface area contributed by atoms with Gasteiger partial charge >= 0.3 is 0 Å². The van der Waals surface area contributed by atoms with E-state index >= 15 is 0 Å². The minimum Gasteiger partial charge on any atom is -0.481 e. The number of hydrogen-bond donors (Lipinski definition) is 2. The summed E-state index contributed by atoms with van der Waals surface area (Å²) in [6.45, 7) is 10.6. The van der Waals surface area contributed by atoms with Crippen molar-refractivity contribution in [1.82, 2.24) is 10.6 Å². The second-order valence-corrected chi connectivity index (χ2v) is 7.30. The molecule has 2 aromatic rings. The third kappa shape index (κ3) is 5.84. The van der Waals surface area contributed by atoms with Crippen LogP contribution in [-0.4, -0.2) is 31.0 Å². The van der Waals surface area contributed by atoms with Crippen LogP contribution in [0.15, 0.2) is 42.5 Å². The van der Waals surface area contributed by atoms with Crippen LogP contribution in [0.1, 0.15) is 53.7 Å². The van der Waals surface area contributed by atoms with Gasteiger partial charge in [-0.1, -0.05) is 38.1 Å². The van der Waals surface area contributed by atoms with Gasteiger partial charge in [0, 0.05) is 18.7 Å². The second kappa shape index (κ2) is 9.93. The van der Waals surface area contributed by atoms with E-state index in [0.29, 0.717) is 24.6 Å². The first-order valence-corrected chi connectivity index (χ1v) is 9.68. The van der Waals surface area contributed by atoms with Crippen molar-refractivity contribution in [2.75, 3.05) is 13.1 Å². The van der Waals surface area contributed by atoms with Gasteiger partial charge in [0.05, 0.1) is 0 Å². The molecule has 2 rings (SSSR count). The average molecular weight is 383 g/mol. The van der Waals surface area contributed by atoms with Gasteiger partial charge < -0.3 is 15.4 Å². The van der Waals surface area contributed by atoms with Crippen LogP contribution >= 0.6 is 0 Å². The maximum atomic E-state index is 12.3. The lowest BCUT2D eigenvalue weighted by molar-refractivity contribution is -0.127. The van der Waals surface area contributed by atoms with Gasteiger partial charge in [0.25, 0.3) is 11.8 Å². The summed E-state index contributed by atoms with van der Waals surface area (Å²) in [5.41, 5.74) is 3.92. The Kier molecular flexibility index (Phi) is 7.61. The molecule has 0 aliphatic carbocycles. The molecule has 5 nitrogen and oxygen atoms in total. The van der Waals surface area contributed by atoms with Crippen LogP contribution in [0.2, 0.25) is 0 Å². The molecule has 0 saturated heterocycles. The summed E-state index contributed by atoms with van der Waals surface area (Å²) in [6.07, 6.45) is -0.615. The number of para-hydroxylation sites is 1. The van der Waals surface area contributed by atoms with Gasteiger partial charge in [0.1, 0.15) is 5.75 Å². The predicted molar refractivity (Wildman–Crippen MR) is 112 cm³/mol. The number of hydrogen-bond acceptors (Lipinski definition) is 3. The Labute approximate surface area is 167 Å². The standard InChI is InChI=1S/C23H30N2O3/c1-15(2)20-8-6-7-9-21(20)28-18(5)22(26)24-12-13-25-23(27)19-11-10-16(3)17(4)14-19/h6-11,14-15,18H,12-13H2,1-5H3,(H,24,26)(H,25,27). The van der Waals surface area contributed by atoms with Crippen LogP contribution in [0.5, 0.6) is 5.75 Å². The van der Waals surface area contributed by atoms with Gasteiger partial charge in [-0.05, 0) is 61.6 Å². The molecule has 1 unspecified atom stereocenters. The number of carbonyl (C=O) groups is 2. The predicted octanol–water partition coefficient (Wildman–Crippen LogP) is 3.74. The summed E-state index contributed by atoms with van der Waals surface area (Å²) in [7, 11) is 0. The third-order valence-corrected chi connectivity index (χ3v) is 4.69. The van der Waals surface area contributed by atoms with Gasteiger partial charge in [0.15, 0.2) is 6.10 Å². The molecule has 1 atom stereocenters. The smallest absolute Gasteiger partial charge is 0.260 e. The fourth-order valence-electron chi connectivity index (χ4n) is 2.80. The molecule has 0 aromatic heterocycles. The molecule has 0 bridgehead atoms. The van der Waals surface area contributed by atoms with Gasteiger partial charge in [-0.3, -0.25) is 9.59 Å². The summed E-state index contributed by atoms with van der Waals surface area (Å²) in [5.74, 6) is 0.682. The largest absolute Gasteiger partial charge is 0.481 e. The van der Waals surface area contributed by atoms with Crippen LogP contribution in [-0.2, 0) is 4.79 Å². The lowest BCUT2D eigenvalue weighted by Gasteiger charge is -2.18. The van der Waals surface area contributed by atoms with Crippen molar-refractivity contribution in [2.45, 2.75) is 46.6 Å². The summed E-state index contributed by atoms with van der Waals surface area (Å²) < 4.78 is 5.84. The van der Waals surface area contributed by atoms with Crippen molar-refractivity contribution in [3.05, 3.63) is 64.7 Å². The molecule has 0 aliphatic heterocycles. The highest BCUT2D eigenvalue weighted by Gasteiger charge is 2.17. The summed E-state index contributed by atoms with van der Waals surface area (Å²) >= 11 is 0. The Hall–Kier alpha value is -2.82. The SMILES string of the molecule is Cc1ccc(C(=O)NCCNC(=O)C(C)Oc2ccccc2C(C)C)cc1C. The van der Waals surface area contributed by atoms with Crippen molar-refractivity contribution in [3.63, 3.8) is 0 Å². The summed E-state index contributed by atoms with van der Waals surface area (Å²) in [4.78, 5) is 24.5. The molecule has 150 valence electrons. The van der Waals surface area contributed by atoms with Gasteiger partial charge in [-0.25, -0.2) is 0 Å². The molecule has 5 heteroatoms. The first-order chi connectivity index (χ1) is 13.3. The third-order valence-electron chi connectivity index (χ3n) is 4.69. The van der Waals surface area contributed by atoms with E-state index in [9.17, 15) is 9.59 Å². The van der Waals surface area contributed by atoms with Crippen LogP contribution in [0, 0.1) is 13.8 Å². The van der Waals surface area contributed by atoms with Crippen LogP contribution in [0.4, 0.5) is 0 Å². The zero-order valence-corrected chi connectivity index (χ0v) is 17.3. The topological polar surface area (TPSA) is 67.4 Å². The fourth-order valence-corrected chi connectivity index (χ4v) is 2.80.